The maximum Gasteiger partial charge on any atom is 0.294 e. The Labute approximate surface area is 106 Å². The molecular formula is C12H17N3O3. The van der Waals surface area contributed by atoms with Crippen LogP contribution in [0.5, 0.6) is 5.75 Å². The van der Waals surface area contributed by atoms with E-state index in [2.05, 4.69) is 16.9 Å². The molecule has 1 aliphatic heterocycles. The molecule has 1 aromatic heterocycles. The van der Waals surface area contributed by atoms with Crippen molar-refractivity contribution in [3.8, 4) is 5.75 Å². The Bertz CT molecular complexity index is 450. The lowest BCUT2D eigenvalue weighted by Gasteiger charge is -2.19. The predicted molar refractivity (Wildman–Crippen MR) is 66.8 cm³/mol. The highest BCUT2D eigenvalue weighted by atomic mass is 16.6. The van der Waals surface area contributed by atoms with Crippen molar-refractivity contribution in [1.82, 2.24) is 9.88 Å². The van der Waals surface area contributed by atoms with Gasteiger partial charge < -0.3 is 9.64 Å². The van der Waals surface area contributed by atoms with Gasteiger partial charge in [-0.25, -0.2) is 0 Å². The van der Waals surface area contributed by atoms with Crippen molar-refractivity contribution in [3.05, 3.63) is 28.1 Å². The average molecular weight is 251 g/mol. The van der Waals surface area contributed by atoms with Gasteiger partial charge in [-0.3, -0.25) is 15.1 Å². The smallest absolute Gasteiger partial charge is 0.294 e. The van der Waals surface area contributed by atoms with Crippen molar-refractivity contribution in [2.75, 3.05) is 20.2 Å². The summed E-state index contributed by atoms with van der Waals surface area (Å²) in [5.41, 5.74) is 0.414. The van der Waals surface area contributed by atoms with E-state index in [1.54, 1.807) is 6.92 Å². The molecule has 1 aliphatic rings. The van der Waals surface area contributed by atoms with Gasteiger partial charge in [0.15, 0.2) is 0 Å². The van der Waals surface area contributed by atoms with Gasteiger partial charge in [0.2, 0.25) is 0 Å². The van der Waals surface area contributed by atoms with Crippen molar-refractivity contribution in [2.45, 2.75) is 25.8 Å². The Balaban J connectivity index is 2.01. The number of nitrogens with zero attached hydrogens (tertiary/aromatic N) is 3. The first-order valence-electron chi connectivity index (χ1n) is 6.02. The number of rotatable bonds is 4. The van der Waals surface area contributed by atoms with Crippen LogP contribution in [0.15, 0.2) is 12.3 Å². The molecule has 0 radical (unpaired) electrons. The molecule has 0 unspecified atom stereocenters. The lowest BCUT2D eigenvalue weighted by molar-refractivity contribution is -0.385. The molecule has 0 saturated carbocycles. The Morgan fingerprint density at radius 3 is 3.06 bits per heavy atom. The summed E-state index contributed by atoms with van der Waals surface area (Å²) in [6.45, 7) is 3.26. The molecule has 1 saturated heterocycles. The van der Waals surface area contributed by atoms with E-state index >= 15 is 0 Å². The molecule has 1 aromatic rings. The summed E-state index contributed by atoms with van der Waals surface area (Å²) < 4.78 is 5.60. The molecule has 1 fully saturated rings. The topological polar surface area (TPSA) is 68.5 Å². The van der Waals surface area contributed by atoms with E-state index in [0.29, 0.717) is 24.1 Å². The van der Waals surface area contributed by atoms with E-state index in [-0.39, 0.29) is 5.69 Å². The first-order chi connectivity index (χ1) is 8.58. The van der Waals surface area contributed by atoms with E-state index in [1.165, 1.54) is 18.7 Å². The SMILES string of the molecule is Cc1ncc(OC[C@@H]2CCCN2C)cc1[N+](=O)[O-]. The third-order valence-corrected chi connectivity index (χ3v) is 3.35. The number of likely N-dealkylation sites (tertiary alicyclic amines) is 1. The maximum absolute atomic E-state index is 10.8. The van der Waals surface area contributed by atoms with Crippen molar-refractivity contribution < 1.29 is 9.66 Å². The summed E-state index contributed by atoms with van der Waals surface area (Å²) >= 11 is 0. The zero-order valence-electron chi connectivity index (χ0n) is 10.6. The van der Waals surface area contributed by atoms with E-state index < -0.39 is 4.92 Å². The summed E-state index contributed by atoms with van der Waals surface area (Å²) in [5.74, 6) is 0.465. The second-order valence-corrected chi connectivity index (χ2v) is 4.62. The van der Waals surface area contributed by atoms with Crippen LogP contribution in [0, 0.1) is 17.0 Å². The number of hydrogen-bond acceptors (Lipinski definition) is 5. The molecule has 0 amide bonds. The number of pyridine rings is 1. The van der Waals surface area contributed by atoms with E-state index in [1.807, 2.05) is 0 Å². The maximum atomic E-state index is 10.8. The molecule has 0 aliphatic carbocycles. The lowest BCUT2D eigenvalue weighted by atomic mass is 10.2. The number of ether oxygens (including phenoxy) is 1. The second kappa shape index (κ2) is 5.30. The first-order valence-corrected chi connectivity index (χ1v) is 6.02. The second-order valence-electron chi connectivity index (χ2n) is 4.62. The molecule has 6 nitrogen and oxygen atoms in total. The van der Waals surface area contributed by atoms with Crippen LogP contribution in [0.2, 0.25) is 0 Å². The fraction of sp³-hybridized carbons (Fsp3) is 0.583. The first kappa shape index (κ1) is 12.8. The number of likely N-dealkylation sites (N-methyl/N-ethyl adjacent to an activating group) is 1. The van der Waals surface area contributed by atoms with Crippen LogP contribution < -0.4 is 4.74 Å². The van der Waals surface area contributed by atoms with Gasteiger partial charge in [-0.1, -0.05) is 0 Å². The minimum Gasteiger partial charge on any atom is -0.490 e. The quantitative estimate of drug-likeness (QED) is 0.602. The summed E-state index contributed by atoms with van der Waals surface area (Å²) in [6, 6.07) is 1.84. The minimum absolute atomic E-state index is 0.00674. The predicted octanol–water partition coefficient (Wildman–Crippen LogP) is 1.77. The van der Waals surface area contributed by atoms with Gasteiger partial charge in [-0.15, -0.1) is 0 Å². The fourth-order valence-electron chi connectivity index (χ4n) is 2.15. The van der Waals surface area contributed by atoms with Crippen molar-refractivity contribution in [2.24, 2.45) is 0 Å². The highest BCUT2D eigenvalue weighted by Gasteiger charge is 2.21. The molecule has 0 bridgehead atoms. The van der Waals surface area contributed by atoms with Gasteiger partial charge in [-0.2, -0.15) is 0 Å². The van der Waals surface area contributed by atoms with Crippen LogP contribution in [0.3, 0.4) is 0 Å². The zero-order valence-corrected chi connectivity index (χ0v) is 10.6. The van der Waals surface area contributed by atoms with Gasteiger partial charge in [0.05, 0.1) is 17.2 Å². The number of nitro groups is 1. The molecule has 98 valence electrons. The molecule has 18 heavy (non-hydrogen) atoms. The van der Waals surface area contributed by atoms with Crippen LogP contribution in [0.1, 0.15) is 18.5 Å². The summed E-state index contributed by atoms with van der Waals surface area (Å²) in [4.78, 5) is 16.6. The summed E-state index contributed by atoms with van der Waals surface area (Å²) in [5, 5.41) is 10.8. The van der Waals surface area contributed by atoms with Crippen LogP contribution in [0.4, 0.5) is 5.69 Å². The Hall–Kier alpha value is -1.69. The molecular weight excluding hydrogens is 234 g/mol. The number of aromatic nitrogens is 1. The third kappa shape index (κ3) is 2.76. The third-order valence-electron chi connectivity index (χ3n) is 3.35. The molecule has 0 aromatic carbocycles. The largest absolute Gasteiger partial charge is 0.490 e. The highest BCUT2D eigenvalue weighted by Crippen LogP contribution is 2.23. The molecule has 2 heterocycles. The van der Waals surface area contributed by atoms with Gasteiger partial charge in [0.1, 0.15) is 18.1 Å². The monoisotopic (exact) mass is 251 g/mol. The standard InChI is InChI=1S/C12H17N3O3/c1-9-12(15(16)17)6-11(7-13-9)18-8-10-4-3-5-14(10)2/h6-7,10H,3-5,8H2,1-2H3/t10-/m0/s1. The zero-order chi connectivity index (χ0) is 13.1. The number of aryl methyl sites for hydroxylation is 1. The van der Waals surface area contributed by atoms with Crippen molar-refractivity contribution in [1.29, 1.82) is 0 Å². The molecule has 2 rings (SSSR count). The van der Waals surface area contributed by atoms with Gasteiger partial charge in [0.25, 0.3) is 5.69 Å². The van der Waals surface area contributed by atoms with Gasteiger partial charge in [-0.05, 0) is 33.4 Å². The van der Waals surface area contributed by atoms with Crippen molar-refractivity contribution >= 4 is 5.69 Å². The Morgan fingerprint density at radius 1 is 1.67 bits per heavy atom. The van der Waals surface area contributed by atoms with Crippen LogP contribution in [-0.2, 0) is 0 Å². The average Bonchev–Trinajstić information content (AvgIpc) is 2.73. The van der Waals surface area contributed by atoms with Crippen LogP contribution >= 0.6 is 0 Å². The van der Waals surface area contributed by atoms with Gasteiger partial charge >= 0.3 is 0 Å². The van der Waals surface area contributed by atoms with E-state index in [0.717, 1.165) is 13.0 Å². The summed E-state index contributed by atoms with van der Waals surface area (Å²) in [6.07, 6.45) is 3.83. The Morgan fingerprint density at radius 2 is 2.44 bits per heavy atom. The molecule has 0 N–H and O–H groups in total. The van der Waals surface area contributed by atoms with Crippen LogP contribution in [0.25, 0.3) is 0 Å². The molecule has 0 spiro atoms. The Kier molecular flexibility index (Phi) is 3.76. The van der Waals surface area contributed by atoms with Crippen molar-refractivity contribution in [3.63, 3.8) is 0 Å². The van der Waals surface area contributed by atoms with Gasteiger partial charge in [0, 0.05) is 6.04 Å². The molecule has 1 atom stereocenters. The number of hydrogen-bond donors (Lipinski definition) is 0. The summed E-state index contributed by atoms with van der Waals surface area (Å²) in [7, 11) is 2.07. The van der Waals surface area contributed by atoms with Crippen LogP contribution in [-0.4, -0.2) is 41.0 Å². The van der Waals surface area contributed by atoms with E-state index in [4.69, 9.17) is 4.74 Å². The normalized spacial score (nSPS) is 20.0. The highest BCUT2D eigenvalue weighted by molar-refractivity contribution is 5.40. The fourth-order valence-corrected chi connectivity index (χ4v) is 2.15. The molecule has 6 heteroatoms. The van der Waals surface area contributed by atoms with E-state index in [9.17, 15) is 10.1 Å². The minimum atomic E-state index is -0.434. The lowest BCUT2D eigenvalue weighted by Crippen LogP contribution is -2.30.